The molecule has 0 saturated carbocycles. The number of aliphatic hydroxyl groups is 1. The average Bonchev–Trinajstić information content (AvgIpc) is 1.61. The lowest BCUT2D eigenvalue weighted by Crippen LogP contribution is -1.87. The number of hydrogen-bond donors (Lipinski definition) is 4. The fraction of sp³-hybridized carbons (Fsp3) is 0.333. The Morgan fingerprint density at radius 2 is 1.78 bits per heavy atom. The van der Waals surface area contributed by atoms with Crippen molar-refractivity contribution in [3.8, 4) is 0 Å². The van der Waals surface area contributed by atoms with Gasteiger partial charge in [0.1, 0.15) is 0 Å². The van der Waals surface area contributed by atoms with Crippen LogP contribution in [0.2, 0.25) is 0 Å². The lowest BCUT2D eigenvalue weighted by molar-refractivity contribution is 0.343. The SMILES string of the molecule is C=CCO.NP(=O)(O)O. The maximum Gasteiger partial charge on any atom is 0.397 e. The lowest BCUT2D eigenvalue weighted by atomic mass is 10.7. The summed E-state index contributed by atoms with van der Waals surface area (Å²) in [6.07, 6.45) is 1.43. The van der Waals surface area contributed by atoms with Gasteiger partial charge in [-0.15, -0.1) is 6.58 Å². The standard InChI is InChI=1S/C3H6O.H4NO3P/c1-2-3-4;1-5(2,3)4/h2,4H,1,3H2;(H4,1,2,3,4). The highest BCUT2D eigenvalue weighted by molar-refractivity contribution is 7.49. The molecule has 5 nitrogen and oxygen atoms in total. The molecule has 0 saturated heterocycles. The van der Waals surface area contributed by atoms with Crippen molar-refractivity contribution in [3.63, 3.8) is 0 Å². The molecule has 0 amide bonds. The summed E-state index contributed by atoms with van der Waals surface area (Å²) in [4.78, 5) is 14.8. The molecule has 56 valence electrons. The summed E-state index contributed by atoms with van der Waals surface area (Å²) < 4.78 is 9.10. The zero-order chi connectivity index (χ0) is 7.91. The summed E-state index contributed by atoms with van der Waals surface area (Å²) in [5.41, 5.74) is 4.02. The van der Waals surface area contributed by atoms with Crippen molar-refractivity contribution < 1.29 is 19.5 Å². The second-order valence-corrected chi connectivity index (χ2v) is 2.24. The summed E-state index contributed by atoms with van der Waals surface area (Å²) in [5.74, 6) is 0. The Hall–Kier alpha value is -0.190. The maximum absolute atomic E-state index is 9.10. The van der Waals surface area contributed by atoms with E-state index in [4.69, 9.17) is 19.5 Å². The second kappa shape index (κ2) is 5.94. The molecule has 0 atom stereocenters. The second-order valence-electron chi connectivity index (χ2n) is 1.06. The van der Waals surface area contributed by atoms with Crippen molar-refractivity contribution in [1.29, 1.82) is 0 Å². The van der Waals surface area contributed by atoms with Gasteiger partial charge in [-0.2, -0.15) is 0 Å². The largest absolute Gasteiger partial charge is 0.397 e. The van der Waals surface area contributed by atoms with Crippen LogP contribution in [-0.2, 0) is 4.57 Å². The minimum atomic E-state index is -4.14. The predicted molar refractivity (Wildman–Crippen MR) is 33.5 cm³/mol. The molecule has 0 aromatic heterocycles. The van der Waals surface area contributed by atoms with Crippen LogP contribution in [0.3, 0.4) is 0 Å². The molecule has 0 unspecified atom stereocenters. The van der Waals surface area contributed by atoms with Gasteiger partial charge in [-0.3, -0.25) is 0 Å². The summed E-state index contributed by atoms with van der Waals surface area (Å²) in [7, 11) is -4.14. The van der Waals surface area contributed by atoms with Gasteiger partial charge in [-0.1, -0.05) is 6.08 Å². The molecule has 9 heavy (non-hydrogen) atoms. The van der Waals surface area contributed by atoms with Gasteiger partial charge in [0.2, 0.25) is 0 Å². The number of aliphatic hydroxyl groups excluding tert-OH is 1. The van der Waals surface area contributed by atoms with Crippen LogP contribution in [0, 0.1) is 0 Å². The summed E-state index contributed by atoms with van der Waals surface area (Å²) in [6.45, 7) is 3.31. The van der Waals surface area contributed by atoms with Crippen molar-refractivity contribution in [3.05, 3.63) is 12.7 Å². The average molecular weight is 155 g/mol. The van der Waals surface area contributed by atoms with Gasteiger partial charge < -0.3 is 14.9 Å². The number of nitrogens with two attached hydrogens (primary N) is 1. The highest BCUT2D eigenvalue weighted by Gasteiger charge is 1.96. The molecular formula is C3H10NO4P. The zero-order valence-corrected chi connectivity index (χ0v) is 5.66. The van der Waals surface area contributed by atoms with Gasteiger partial charge in [0.05, 0.1) is 6.61 Å². The van der Waals surface area contributed by atoms with E-state index in [1.165, 1.54) is 6.08 Å². The first kappa shape index (κ1) is 11.6. The molecule has 0 heterocycles. The first-order valence-electron chi connectivity index (χ1n) is 1.97. The minimum absolute atomic E-state index is 0.0833. The van der Waals surface area contributed by atoms with E-state index < -0.39 is 7.75 Å². The van der Waals surface area contributed by atoms with Crippen LogP contribution in [0.15, 0.2) is 12.7 Å². The van der Waals surface area contributed by atoms with E-state index in [0.29, 0.717) is 0 Å². The molecule has 0 aliphatic rings. The molecule has 0 aromatic rings. The van der Waals surface area contributed by atoms with E-state index in [-0.39, 0.29) is 6.61 Å². The Bertz CT molecular complexity index is 100. The molecule has 0 radical (unpaired) electrons. The third-order valence-corrected chi connectivity index (χ3v) is 0.129. The van der Waals surface area contributed by atoms with E-state index in [9.17, 15) is 0 Å². The van der Waals surface area contributed by atoms with Crippen molar-refractivity contribution in [1.82, 2.24) is 0 Å². The fourth-order valence-corrected chi connectivity index (χ4v) is 0. The normalized spacial score (nSPS) is 9.33. The summed E-state index contributed by atoms with van der Waals surface area (Å²) in [6, 6.07) is 0. The molecule has 0 spiro atoms. The van der Waals surface area contributed by atoms with Crippen LogP contribution in [0.25, 0.3) is 0 Å². The van der Waals surface area contributed by atoms with Crippen molar-refractivity contribution in [2.75, 3.05) is 6.61 Å². The first-order chi connectivity index (χ1) is 3.91. The highest BCUT2D eigenvalue weighted by Crippen LogP contribution is 2.20. The quantitative estimate of drug-likeness (QED) is 0.293. The molecule has 0 bridgehead atoms. The molecule has 0 aliphatic heterocycles. The van der Waals surface area contributed by atoms with Gasteiger partial charge >= 0.3 is 7.75 Å². The Morgan fingerprint density at radius 3 is 1.78 bits per heavy atom. The Morgan fingerprint density at radius 1 is 1.67 bits per heavy atom. The van der Waals surface area contributed by atoms with E-state index in [2.05, 4.69) is 12.1 Å². The third-order valence-electron chi connectivity index (χ3n) is 0.129. The minimum Gasteiger partial charge on any atom is -0.392 e. The summed E-state index contributed by atoms with van der Waals surface area (Å²) >= 11 is 0. The molecule has 0 aliphatic carbocycles. The highest BCUT2D eigenvalue weighted by atomic mass is 31.2. The van der Waals surface area contributed by atoms with Crippen LogP contribution in [-0.4, -0.2) is 21.5 Å². The molecule has 6 heteroatoms. The van der Waals surface area contributed by atoms with Crippen molar-refractivity contribution >= 4 is 7.75 Å². The number of hydrogen-bond acceptors (Lipinski definition) is 2. The molecule has 0 fully saturated rings. The monoisotopic (exact) mass is 155 g/mol. The van der Waals surface area contributed by atoms with Crippen LogP contribution >= 0.6 is 7.75 Å². The predicted octanol–water partition coefficient (Wildman–Crippen LogP) is -0.798. The number of rotatable bonds is 1. The van der Waals surface area contributed by atoms with Gasteiger partial charge in [0.25, 0.3) is 0 Å². The Kier molecular flexibility index (Phi) is 7.65. The van der Waals surface area contributed by atoms with E-state index in [1.807, 2.05) is 0 Å². The van der Waals surface area contributed by atoms with Crippen molar-refractivity contribution in [2.24, 2.45) is 5.50 Å². The maximum atomic E-state index is 9.10. The molecule has 0 aromatic carbocycles. The van der Waals surface area contributed by atoms with Crippen molar-refractivity contribution in [2.45, 2.75) is 0 Å². The molecule has 5 N–H and O–H groups in total. The van der Waals surface area contributed by atoms with E-state index in [0.717, 1.165) is 0 Å². The zero-order valence-electron chi connectivity index (χ0n) is 4.77. The van der Waals surface area contributed by atoms with E-state index >= 15 is 0 Å². The van der Waals surface area contributed by atoms with Crippen LogP contribution in [0.1, 0.15) is 0 Å². The van der Waals surface area contributed by atoms with Gasteiger partial charge in [-0.05, 0) is 0 Å². The fourth-order valence-electron chi connectivity index (χ4n) is 0. The molecular weight excluding hydrogens is 145 g/mol. The van der Waals surface area contributed by atoms with Crippen LogP contribution < -0.4 is 5.50 Å². The third kappa shape index (κ3) is 402. The Labute approximate surface area is 53.0 Å². The topological polar surface area (TPSA) is 104 Å². The summed E-state index contributed by atoms with van der Waals surface area (Å²) in [5, 5.41) is 7.76. The lowest BCUT2D eigenvalue weighted by Gasteiger charge is -1.84. The Balaban J connectivity index is 0. The van der Waals surface area contributed by atoms with Gasteiger partial charge in [0.15, 0.2) is 0 Å². The smallest absolute Gasteiger partial charge is 0.392 e. The molecule has 0 rings (SSSR count). The van der Waals surface area contributed by atoms with Gasteiger partial charge in [-0.25, -0.2) is 10.1 Å². The van der Waals surface area contributed by atoms with Crippen LogP contribution in [0.5, 0.6) is 0 Å². The van der Waals surface area contributed by atoms with Gasteiger partial charge in [0, 0.05) is 0 Å². The van der Waals surface area contributed by atoms with Crippen LogP contribution in [0.4, 0.5) is 0 Å². The first-order valence-corrected chi connectivity index (χ1v) is 3.66. The van der Waals surface area contributed by atoms with E-state index in [1.54, 1.807) is 0 Å².